The van der Waals surface area contributed by atoms with Crippen LogP contribution >= 0.6 is 0 Å². The van der Waals surface area contributed by atoms with Crippen LogP contribution in [-0.4, -0.2) is 22.6 Å². The van der Waals surface area contributed by atoms with Crippen LogP contribution in [0.3, 0.4) is 0 Å². The van der Waals surface area contributed by atoms with Crippen molar-refractivity contribution in [3.63, 3.8) is 0 Å². The van der Waals surface area contributed by atoms with Gasteiger partial charge in [0.05, 0.1) is 16.7 Å². The molecule has 3 heterocycles. The highest BCUT2D eigenvalue weighted by Gasteiger charge is 2.41. The van der Waals surface area contributed by atoms with Gasteiger partial charge in [0.15, 0.2) is 5.82 Å². The number of benzene rings is 5. The Balaban J connectivity index is 1.32. The number of hydrogen-bond acceptors (Lipinski definition) is 2. The quantitative estimate of drug-likeness (QED) is 0.144. The van der Waals surface area contributed by atoms with Gasteiger partial charge in [-0.05, 0) is 72.1 Å². The lowest BCUT2D eigenvalue weighted by Gasteiger charge is -2.19. The van der Waals surface area contributed by atoms with Gasteiger partial charge in [-0.2, -0.15) is 0 Å². The summed E-state index contributed by atoms with van der Waals surface area (Å²) in [5.41, 5.74) is 11.7. The van der Waals surface area contributed by atoms with Crippen LogP contribution in [0.4, 0.5) is 0 Å². The van der Waals surface area contributed by atoms with Crippen LogP contribution in [0.2, 0.25) is 13.1 Å². The molecule has 4 heteroatoms. The van der Waals surface area contributed by atoms with Gasteiger partial charge >= 0.3 is 0 Å². The van der Waals surface area contributed by atoms with Gasteiger partial charge < -0.3 is 4.57 Å². The van der Waals surface area contributed by atoms with Crippen molar-refractivity contribution in [2.75, 3.05) is 0 Å². The fourth-order valence-electron chi connectivity index (χ4n) is 7.08. The summed E-state index contributed by atoms with van der Waals surface area (Å²) in [6.45, 7) is 9.04. The number of para-hydroxylation sites is 1. The summed E-state index contributed by atoms with van der Waals surface area (Å²) in [4.78, 5) is 10.8. The largest absolute Gasteiger partial charge is 0.309 e. The van der Waals surface area contributed by atoms with Gasteiger partial charge in [-0.25, -0.2) is 9.97 Å². The highest BCUT2D eigenvalue weighted by molar-refractivity contribution is 7.03. The summed E-state index contributed by atoms with van der Waals surface area (Å²) in [6, 6.07) is 43.7. The second-order valence-corrected chi connectivity index (χ2v) is 16.9. The minimum atomic E-state index is -2.03. The molecule has 2 aromatic heterocycles. The third kappa shape index (κ3) is 4.40. The van der Waals surface area contributed by atoms with E-state index in [1.165, 1.54) is 54.6 Å². The molecule has 0 fully saturated rings. The van der Waals surface area contributed by atoms with Gasteiger partial charge in [0.2, 0.25) is 0 Å². The average Bonchev–Trinajstić information content (AvgIpc) is 3.55. The normalized spacial score (nSPS) is 13.9. The lowest BCUT2D eigenvalue weighted by molar-refractivity contribution is 1.18. The number of allylic oxidation sites excluding steroid dienone is 4. The maximum Gasteiger partial charge on any atom is 0.159 e. The Kier molecular flexibility index (Phi) is 6.70. The molecule has 0 radical (unpaired) electrons. The number of fused-ring (bicyclic) bond motifs is 6. The van der Waals surface area contributed by atoms with E-state index in [0.717, 1.165) is 28.3 Å². The van der Waals surface area contributed by atoms with Crippen LogP contribution in [0.25, 0.3) is 66.8 Å². The Bertz CT molecular complexity index is 2340. The number of aromatic nitrogens is 3. The van der Waals surface area contributed by atoms with Gasteiger partial charge in [-0.3, -0.25) is 0 Å². The van der Waals surface area contributed by atoms with Gasteiger partial charge in [0.25, 0.3) is 0 Å². The fourth-order valence-corrected chi connectivity index (χ4v) is 9.99. The van der Waals surface area contributed by atoms with Gasteiger partial charge in [0, 0.05) is 38.5 Å². The second-order valence-electron chi connectivity index (χ2n) is 12.7. The molecule has 0 spiro atoms. The SMILES string of the molecule is CC=CC=C(C)c1ccc(-n2c3ccccc3c3cc(-c4nc(-c5ccccc5)c5c(n4)[Si](C)(C)c4ccccc4-5)ccc32)cc1. The lowest BCUT2D eigenvalue weighted by atomic mass is 10.0. The Hall–Kier alpha value is -5.32. The van der Waals surface area contributed by atoms with E-state index in [-0.39, 0.29) is 0 Å². The molecule has 0 saturated carbocycles. The van der Waals surface area contributed by atoms with Crippen LogP contribution < -0.4 is 10.5 Å². The van der Waals surface area contributed by atoms with Gasteiger partial charge in [0.1, 0.15) is 8.07 Å². The average molecular weight is 610 g/mol. The molecule has 0 unspecified atom stereocenters. The summed E-state index contributed by atoms with van der Waals surface area (Å²) in [7, 11) is -2.03. The van der Waals surface area contributed by atoms with Crippen molar-refractivity contribution in [3.05, 3.63) is 145 Å². The second kappa shape index (κ2) is 10.9. The van der Waals surface area contributed by atoms with E-state index in [4.69, 9.17) is 9.97 Å². The molecule has 0 saturated heterocycles. The molecule has 1 aliphatic rings. The number of hydrogen-bond donors (Lipinski definition) is 0. The molecule has 8 rings (SSSR count). The van der Waals surface area contributed by atoms with Gasteiger partial charge in [-0.1, -0.05) is 116 Å². The van der Waals surface area contributed by atoms with Crippen molar-refractivity contribution in [1.82, 2.24) is 14.5 Å². The maximum atomic E-state index is 5.41. The third-order valence-electron chi connectivity index (χ3n) is 9.47. The van der Waals surface area contributed by atoms with E-state index in [1.807, 2.05) is 6.92 Å². The molecule has 1 aliphatic heterocycles. The van der Waals surface area contributed by atoms with Crippen LogP contribution in [0, 0.1) is 0 Å². The minimum absolute atomic E-state index is 0.789. The van der Waals surface area contributed by atoms with E-state index in [1.54, 1.807) is 0 Å². The lowest BCUT2D eigenvalue weighted by Crippen LogP contribution is -2.50. The van der Waals surface area contributed by atoms with Crippen molar-refractivity contribution in [2.45, 2.75) is 26.9 Å². The molecule has 46 heavy (non-hydrogen) atoms. The van der Waals surface area contributed by atoms with Crippen LogP contribution in [-0.2, 0) is 0 Å². The van der Waals surface area contributed by atoms with Crippen molar-refractivity contribution in [2.24, 2.45) is 0 Å². The Morgan fingerprint density at radius 1 is 0.696 bits per heavy atom. The first-order valence-electron chi connectivity index (χ1n) is 16.0. The fraction of sp³-hybridized carbons (Fsp3) is 0.0952. The Morgan fingerprint density at radius 2 is 1.41 bits per heavy atom. The molecule has 0 N–H and O–H groups in total. The zero-order chi connectivity index (χ0) is 31.4. The molecular formula is C42H35N3Si. The van der Waals surface area contributed by atoms with E-state index in [2.05, 4.69) is 164 Å². The molecule has 0 amide bonds. The van der Waals surface area contributed by atoms with E-state index in [9.17, 15) is 0 Å². The zero-order valence-corrected chi connectivity index (χ0v) is 27.6. The topological polar surface area (TPSA) is 30.7 Å². The molecule has 222 valence electrons. The highest BCUT2D eigenvalue weighted by Crippen LogP contribution is 2.38. The van der Waals surface area contributed by atoms with Crippen LogP contribution in [0.1, 0.15) is 19.4 Å². The number of rotatable bonds is 5. The summed E-state index contributed by atoms with van der Waals surface area (Å²) in [5, 5.41) is 5.08. The van der Waals surface area contributed by atoms with Gasteiger partial charge in [-0.15, -0.1) is 0 Å². The smallest absolute Gasteiger partial charge is 0.159 e. The first-order valence-corrected chi connectivity index (χ1v) is 19.0. The summed E-state index contributed by atoms with van der Waals surface area (Å²) < 4.78 is 2.37. The molecule has 0 atom stereocenters. The predicted molar refractivity (Wildman–Crippen MR) is 198 cm³/mol. The summed E-state index contributed by atoms with van der Waals surface area (Å²) >= 11 is 0. The monoisotopic (exact) mass is 609 g/mol. The molecule has 0 bridgehead atoms. The summed E-state index contributed by atoms with van der Waals surface area (Å²) in [6.07, 6.45) is 6.30. The molecular weight excluding hydrogens is 575 g/mol. The standard InChI is InChI=1S/C42H35N3Si/c1-5-6-14-28(2)29-21-24-32(25-22-29)45-36-19-12-10-17-33(36)35-27-31(23-26-37(35)45)41-43-40(30-15-8-7-9-16-30)39-34-18-11-13-20-38(34)46(3,4)42(39)44-41/h5-27H,1-4H3. The van der Waals surface area contributed by atoms with E-state index >= 15 is 0 Å². The minimum Gasteiger partial charge on any atom is -0.309 e. The number of nitrogens with zero attached hydrogens (tertiary/aromatic N) is 3. The molecule has 3 nitrogen and oxygen atoms in total. The third-order valence-corrected chi connectivity index (χ3v) is 12.8. The van der Waals surface area contributed by atoms with E-state index in [0.29, 0.717) is 0 Å². The molecule has 7 aromatic rings. The first kappa shape index (κ1) is 28.2. The highest BCUT2D eigenvalue weighted by atomic mass is 28.3. The van der Waals surface area contributed by atoms with Crippen molar-refractivity contribution in [1.29, 1.82) is 0 Å². The van der Waals surface area contributed by atoms with E-state index < -0.39 is 8.07 Å². The van der Waals surface area contributed by atoms with Crippen molar-refractivity contribution >= 4 is 46.0 Å². The van der Waals surface area contributed by atoms with Crippen molar-refractivity contribution in [3.8, 4) is 39.5 Å². The van der Waals surface area contributed by atoms with Crippen molar-refractivity contribution < 1.29 is 0 Å². The predicted octanol–water partition coefficient (Wildman–Crippen LogP) is 9.69. The van der Waals surface area contributed by atoms with Crippen LogP contribution in [0.5, 0.6) is 0 Å². The molecule has 0 aliphatic carbocycles. The Labute approximate surface area is 271 Å². The first-order chi connectivity index (χ1) is 22.5. The Morgan fingerprint density at radius 3 is 2.22 bits per heavy atom. The maximum absolute atomic E-state index is 5.41. The summed E-state index contributed by atoms with van der Waals surface area (Å²) in [5.74, 6) is 0.789. The molecule has 5 aromatic carbocycles. The van der Waals surface area contributed by atoms with Crippen LogP contribution in [0.15, 0.2) is 140 Å². The zero-order valence-electron chi connectivity index (χ0n) is 26.6.